The third kappa shape index (κ3) is 4.15. The van der Waals surface area contributed by atoms with Crippen molar-refractivity contribution in [2.45, 2.75) is 24.8 Å². The minimum absolute atomic E-state index is 0.0148. The lowest BCUT2D eigenvalue weighted by atomic mass is 9.87. The predicted octanol–water partition coefficient (Wildman–Crippen LogP) is 2.70. The van der Waals surface area contributed by atoms with Crippen molar-refractivity contribution < 1.29 is 13.2 Å². The molecule has 1 aromatic carbocycles. The largest absolute Gasteiger partial charge is 0.349 e. The lowest BCUT2D eigenvalue weighted by Gasteiger charge is -2.40. The number of hydrogen-bond donors (Lipinski definition) is 1. The summed E-state index contributed by atoms with van der Waals surface area (Å²) in [6.07, 6.45) is 2.65. The lowest BCUT2D eigenvalue weighted by molar-refractivity contribution is -0.118. The Bertz CT molecular complexity index is 931. The fourth-order valence-electron chi connectivity index (χ4n) is 3.67. The van der Waals surface area contributed by atoms with Crippen molar-refractivity contribution in [3.8, 4) is 11.3 Å². The van der Waals surface area contributed by atoms with Crippen molar-refractivity contribution in [3.63, 3.8) is 0 Å². The Morgan fingerprint density at radius 1 is 1.14 bits per heavy atom. The molecule has 1 fully saturated rings. The fraction of sp³-hybridized carbons (Fsp3) is 0.333. The van der Waals surface area contributed by atoms with Crippen LogP contribution in [0, 0.1) is 11.8 Å². The number of nitrogens with zero attached hydrogens (tertiary/aromatic N) is 2. The standard InChI is InChI=1S/C21H25N3O3S/c1-4-20(25)23-21-15(2)13-24(14-16(21)3)28(26,27)18-10-11-19(22-12-18)17-8-6-5-7-9-17/h4-12,15-16,21H,1,13-14H2,2-3H3,(H,23,25). The second-order valence-electron chi connectivity index (χ2n) is 7.26. The molecular formula is C21H25N3O3S. The molecule has 2 aromatic rings. The quantitative estimate of drug-likeness (QED) is 0.784. The van der Waals surface area contributed by atoms with Gasteiger partial charge in [-0.1, -0.05) is 50.8 Å². The van der Waals surface area contributed by atoms with Crippen molar-refractivity contribution in [3.05, 3.63) is 61.3 Å². The molecule has 0 radical (unpaired) electrons. The topological polar surface area (TPSA) is 79.4 Å². The molecular weight excluding hydrogens is 374 g/mol. The molecule has 1 aliphatic heterocycles. The SMILES string of the molecule is C=CC(=O)NC1C(C)CN(S(=O)(=O)c2ccc(-c3ccccc3)nc2)CC1C. The van der Waals surface area contributed by atoms with Crippen LogP contribution in [0.2, 0.25) is 0 Å². The van der Waals surface area contributed by atoms with E-state index < -0.39 is 10.0 Å². The van der Waals surface area contributed by atoms with Crippen LogP contribution in [0.3, 0.4) is 0 Å². The van der Waals surface area contributed by atoms with E-state index in [0.717, 1.165) is 11.3 Å². The van der Waals surface area contributed by atoms with Gasteiger partial charge in [0.15, 0.2) is 0 Å². The molecule has 0 spiro atoms. The molecule has 1 amide bonds. The van der Waals surface area contributed by atoms with Gasteiger partial charge in [0.2, 0.25) is 15.9 Å². The van der Waals surface area contributed by atoms with Gasteiger partial charge in [-0.15, -0.1) is 0 Å². The Kier molecular flexibility index (Phi) is 5.96. The maximum atomic E-state index is 13.1. The van der Waals surface area contributed by atoms with E-state index in [2.05, 4.69) is 16.9 Å². The number of amides is 1. The summed E-state index contributed by atoms with van der Waals surface area (Å²) in [6, 6.07) is 12.9. The fourth-order valence-corrected chi connectivity index (χ4v) is 5.26. The van der Waals surface area contributed by atoms with E-state index in [4.69, 9.17) is 0 Å². The van der Waals surface area contributed by atoms with E-state index >= 15 is 0 Å². The van der Waals surface area contributed by atoms with Crippen LogP contribution in [0.5, 0.6) is 0 Å². The Morgan fingerprint density at radius 2 is 1.79 bits per heavy atom. The molecule has 0 bridgehead atoms. The molecule has 0 saturated carbocycles. The number of hydrogen-bond acceptors (Lipinski definition) is 4. The first-order chi connectivity index (χ1) is 13.3. The number of benzene rings is 1. The summed E-state index contributed by atoms with van der Waals surface area (Å²) in [5.74, 6) is -0.265. The molecule has 0 aliphatic carbocycles. The number of piperidine rings is 1. The van der Waals surface area contributed by atoms with Gasteiger partial charge in [0.1, 0.15) is 4.90 Å². The summed E-state index contributed by atoms with van der Waals surface area (Å²) < 4.78 is 27.7. The zero-order valence-corrected chi connectivity index (χ0v) is 16.9. The van der Waals surface area contributed by atoms with Crippen LogP contribution in [0.4, 0.5) is 0 Å². The third-order valence-electron chi connectivity index (χ3n) is 5.15. The van der Waals surface area contributed by atoms with Crippen LogP contribution in [-0.4, -0.2) is 42.7 Å². The summed E-state index contributed by atoms with van der Waals surface area (Å²) in [5.41, 5.74) is 1.67. The number of pyridine rings is 1. The molecule has 6 nitrogen and oxygen atoms in total. The first-order valence-corrected chi connectivity index (χ1v) is 10.7. The van der Waals surface area contributed by atoms with Crippen LogP contribution in [0.1, 0.15) is 13.8 Å². The monoisotopic (exact) mass is 399 g/mol. The van der Waals surface area contributed by atoms with Gasteiger partial charge in [-0.2, -0.15) is 4.31 Å². The highest BCUT2D eigenvalue weighted by Gasteiger charge is 2.38. The van der Waals surface area contributed by atoms with E-state index in [9.17, 15) is 13.2 Å². The van der Waals surface area contributed by atoms with Gasteiger partial charge in [-0.05, 0) is 30.0 Å². The summed E-state index contributed by atoms with van der Waals surface area (Å²) in [5, 5.41) is 2.91. The Labute approximate surface area is 166 Å². The van der Waals surface area contributed by atoms with Crippen molar-refractivity contribution in [1.29, 1.82) is 0 Å². The molecule has 2 heterocycles. The number of carbonyl (C=O) groups excluding carboxylic acids is 1. The number of nitrogens with one attached hydrogen (secondary N) is 1. The number of carbonyl (C=O) groups is 1. The van der Waals surface area contributed by atoms with Crippen LogP contribution in [-0.2, 0) is 14.8 Å². The van der Waals surface area contributed by atoms with E-state index in [0.29, 0.717) is 13.1 Å². The number of sulfonamides is 1. The van der Waals surface area contributed by atoms with E-state index in [1.165, 1.54) is 16.6 Å². The van der Waals surface area contributed by atoms with Crippen LogP contribution >= 0.6 is 0 Å². The van der Waals surface area contributed by atoms with Gasteiger partial charge >= 0.3 is 0 Å². The van der Waals surface area contributed by atoms with Crippen molar-refractivity contribution in [2.24, 2.45) is 11.8 Å². The normalized spacial score (nSPS) is 23.1. The summed E-state index contributed by atoms with van der Waals surface area (Å²) in [7, 11) is -3.65. The van der Waals surface area contributed by atoms with E-state index in [1.54, 1.807) is 12.1 Å². The van der Waals surface area contributed by atoms with Gasteiger partial charge in [-0.3, -0.25) is 9.78 Å². The van der Waals surface area contributed by atoms with Crippen molar-refractivity contribution in [2.75, 3.05) is 13.1 Å². The van der Waals surface area contributed by atoms with Gasteiger partial charge in [-0.25, -0.2) is 8.42 Å². The molecule has 1 N–H and O–H groups in total. The van der Waals surface area contributed by atoms with Crippen LogP contribution in [0.25, 0.3) is 11.3 Å². The molecule has 28 heavy (non-hydrogen) atoms. The van der Waals surface area contributed by atoms with E-state index in [-0.39, 0.29) is 28.7 Å². The Morgan fingerprint density at radius 3 is 2.32 bits per heavy atom. The highest BCUT2D eigenvalue weighted by atomic mass is 32.2. The van der Waals surface area contributed by atoms with E-state index in [1.807, 2.05) is 44.2 Å². The average Bonchev–Trinajstić information content (AvgIpc) is 2.71. The summed E-state index contributed by atoms with van der Waals surface area (Å²) in [6.45, 7) is 8.05. The van der Waals surface area contributed by atoms with Gasteiger partial charge in [0, 0.05) is 30.9 Å². The third-order valence-corrected chi connectivity index (χ3v) is 6.96. The smallest absolute Gasteiger partial charge is 0.244 e. The summed E-state index contributed by atoms with van der Waals surface area (Å²) >= 11 is 0. The molecule has 7 heteroatoms. The van der Waals surface area contributed by atoms with Crippen LogP contribution < -0.4 is 5.32 Å². The minimum Gasteiger partial charge on any atom is -0.349 e. The average molecular weight is 400 g/mol. The van der Waals surface area contributed by atoms with Gasteiger partial charge < -0.3 is 5.32 Å². The maximum Gasteiger partial charge on any atom is 0.244 e. The maximum absolute atomic E-state index is 13.1. The zero-order valence-electron chi connectivity index (χ0n) is 16.1. The van der Waals surface area contributed by atoms with Gasteiger partial charge in [0.05, 0.1) is 5.69 Å². The first kappa shape index (κ1) is 20.2. The molecule has 1 saturated heterocycles. The molecule has 148 valence electrons. The molecule has 2 atom stereocenters. The highest BCUT2D eigenvalue weighted by Crippen LogP contribution is 2.28. The minimum atomic E-state index is -3.65. The predicted molar refractivity (Wildman–Crippen MR) is 109 cm³/mol. The zero-order chi connectivity index (χ0) is 20.3. The highest BCUT2D eigenvalue weighted by molar-refractivity contribution is 7.89. The van der Waals surface area contributed by atoms with Crippen molar-refractivity contribution in [1.82, 2.24) is 14.6 Å². The molecule has 1 aromatic heterocycles. The first-order valence-electron chi connectivity index (χ1n) is 9.27. The summed E-state index contributed by atoms with van der Waals surface area (Å²) in [4.78, 5) is 16.2. The van der Waals surface area contributed by atoms with Crippen LogP contribution in [0.15, 0.2) is 66.2 Å². The van der Waals surface area contributed by atoms with Crippen molar-refractivity contribution >= 4 is 15.9 Å². The molecule has 2 unspecified atom stereocenters. The number of aromatic nitrogens is 1. The second kappa shape index (κ2) is 8.24. The molecule has 1 aliphatic rings. The lowest BCUT2D eigenvalue weighted by Crippen LogP contribution is -2.55. The second-order valence-corrected chi connectivity index (χ2v) is 9.20. The number of rotatable bonds is 5. The molecule has 3 rings (SSSR count). The Hall–Kier alpha value is -2.51. The Balaban J connectivity index is 1.78. The van der Waals surface area contributed by atoms with Gasteiger partial charge in [0.25, 0.3) is 0 Å².